The van der Waals surface area contributed by atoms with Crippen molar-refractivity contribution in [2.45, 2.75) is 44.8 Å². The molecule has 0 aliphatic carbocycles. The molecular weight excluding hydrogens is 638 g/mol. The molecule has 6 rings (SSSR count). The predicted molar refractivity (Wildman–Crippen MR) is 166 cm³/mol. The van der Waals surface area contributed by atoms with E-state index in [1.54, 1.807) is 17.2 Å². The number of fused-ring (bicyclic) bond motifs is 1. The number of rotatable bonds is 10. The average Bonchev–Trinajstić information content (AvgIpc) is 3.69. The van der Waals surface area contributed by atoms with Crippen LogP contribution in [0.5, 0.6) is 5.75 Å². The van der Waals surface area contributed by atoms with Crippen molar-refractivity contribution in [2.75, 3.05) is 31.5 Å². The number of carbonyl (C=O) groups excluding carboxylic acids is 2. The predicted octanol–water partition coefficient (Wildman–Crippen LogP) is 4.35. The summed E-state index contributed by atoms with van der Waals surface area (Å²) in [5.74, 6) is -2.27. The summed E-state index contributed by atoms with van der Waals surface area (Å²) in [4.78, 5) is 45.2. The molecule has 3 aromatic heterocycles. The number of amides is 2. The summed E-state index contributed by atoms with van der Waals surface area (Å²) in [6, 6.07) is 4.93. The quantitative estimate of drug-likeness (QED) is 0.223. The molecular formula is C31H33ClF2N8O5. The van der Waals surface area contributed by atoms with Gasteiger partial charge in [-0.3, -0.25) is 19.1 Å². The second-order valence-corrected chi connectivity index (χ2v) is 12.1. The minimum Gasteiger partial charge on any atom is -0.481 e. The average molecular weight is 671 g/mol. The van der Waals surface area contributed by atoms with Crippen LogP contribution in [-0.4, -0.2) is 85.0 Å². The SMILES string of the molecule is O=C(Nc1cn(C(CC2CCNCC2)C(=O)N2CCC(C(=O)O)CC2)nc1-c1cc(Cl)ccc1OC(F)F)c1cnn2cccnc12. The Kier molecular flexibility index (Phi) is 9.63. The number of carbonyl (C=O) groups is 3. The number of carboxylic acids is 1. The van der Waals surface area contributed by atoms with Gasteiger partial charge in [0, 0.05) is 36.1 Å². The fourth-order valence-corrected chi connectivity index (χ4v) is 6.39. The first-order chi connectivity index (χ1) is 22.7. The second kappa shape index (κ2) is 14.0. The minimum absolute atomic E-state index is 0.0635. The van der Waals surface area contributed by atoms with Crippen molar-refractivity contribution < 1.29 is 33.0 Å². The molecule has 1 atom stereocenters. The van der Waals surface area contributed by atoms with Gasteiger partial charge in [-0.15, -0.1) is 0 Å². The van der Waals surface area contributed by atoms with Crippen molar-refractivity contribution >= 4 is 40.7 Å². The first-order valence-electron chi connectivity index (χ1n) is 15.3. The lowest BCUT2D eigenvalue weighted by atomic mass is 9.90. The fourth-order valence-electron chi connectivity index (χ4n) is 6.22. The molecule has 0 saturated carbocycles. The summed E-state index contributed by atoms with van der Waals surface area (Å²) in [6.07, 6.45) is 8.79. The van der Waals surface area contributed by atoms with Crippen LogP contribution >= 0.6 is 11.6 Å². The van der Waals surface area contributed by atoms with E-state index in [2.05, 4.69) is 20.7 Å². The zero-order valence-corrected chi connectivity index (χ0v) is 25.9. The summed E-state index contributed by atoms with van der Waals surface area (Å²) < 4.78 is 34.7. The molecule has 2 fully saturated rings. The number of aliphatic carboxylic acids is 1. The van der Waals surface area contributed by atoms with Gasteiger partial charge in [0.25, 0.3) is 5.91 Å². The van der Waals surface area contributed by atoms with Crippen LogP contribution in [0.3, 0.4) is 0 Å². The third-order valence-corrected chi connectivity index (χ3v) is 8.93. The number of hydrogen-bond acceptors (Lipinski definition) is 8. The highest BCUT2D eigenvalue weighted by Gasteiger charge is 2.35. The Morgan fingerprint density at radius 1 is 1.15 bits per heavy atom. The number of anilines is 1. The monoisotopic (exact) mass is 670 g/mol. The van der Waals surface area contributed by atoms with E-state index in [0.717, 1.165) is 25.9 Å². The van der Waals surface area contributed by atoms with E-state index >= 15 is 0 Å². The van der Waals surface area contributed by atoms with E-state index in [1.807, 2.05) is 0 Å². The molecule has 0 spiro atoms. The van der Waals surface area contributed by atoms with E-state index in [9.17, 15) is 28.3 Å². The van der Waals surface area contributed by atoms with E-state index in [4.69, 9.17) is 21.4 Å². The van der Waals surface area contributed by atoms with Gasteiger partial charge in [-0.1, -0.05) is 11.6 Å². The van der Waals surface area contributed by atoms with E-state index in [-0.39, 0.29) is 58.2 Å². The summed E-state index contributed by atoms with van der Waals surface area (Å²) in [7, 11) is 0. The van der Waals surface area contributed by atoms with Gasteiger partial charge in [-0.2, -0.15) is 19.0 Å². The Labute approximate surface area is 272 Å². The highest BCUT2D eigenvalue weighted by molar-refractivity contribution is 6.31. The number of nitrogens with one attached hydrogen (secondary N) is 2. The van der Waals surface area contributed by atoms with Crippen molar-refractivity contribution in [1.82, 2.24) is 34.6 Å². The molecule has 2 aliphatic heterocycles. The molecule has 13 nitrogen and oxygen atoms in total. The largest absolute Gasteiger partial charge is 0.481 e. The Balaban J connectivity index is 1.41. The van der Waals surface area contributed by atoms with E-state index in [0.29, 0.717) is 24.9 Å². The van der Waals surface area contributed by atoms with Crippen LogP contribution in [0.1, 0.15) is 48.5 Å². The van der Waals surface area contributed by atoms with Gasteiger partial charge in [0.1, 0.15) is 23.0 Å². The van der Waals surface area contributed by atoms with Crippen LogP contribution < -0.4 is 15.4 Å². The standard InChI is InChI=1S/C31H33ClF2N8O5/c32-20-2-3-25(47-31(33)34)21(15-20)26-23(38-28(43)22-16-37-41-11-1-8-36-27(22)41)17-42(39-26)24(14-18-4-9-35-10-5-18)29(44)40-12-6-19(7-13-40)30(45)46/h1-3,8,11,15-19,24,31,35H,4-7,9-10,12-14H2,(H,38,43)(H,45,46). The minimum atomic E-state index is -3.15. The first kappa shape index (κ1) is 32.3. The fraction of sp³-hybridized carbons (Fsp3) is 0.419. The van der Waals surface area contributed by atoms with Gasteiger partial charge in [0.05, 0.1) is 24.0 Å². The van der Waals surface area contributed by atoms with Crippen molar-refractivity contribution in [3.8, 4) is 17.0 Å². The molecule has 47 heavy (non-hydrogen) atoms. The molecule has 5 heterocycles. The lowest BCUT2D eigenvalue weighted by Gasteiger charge is -2.34. The van der Waals surface area contributed by atoms with Gasteiger partial charge in [-0.05, 0) is 75.4 Å². The number of hydrogen-bond donors (Lipinski definition) is 3. The lowest BCUT2D eigenvalue weighted by molar-refractivity contribution is -0.146. The van der Waals surface area contributed by atoms with Crippen LogP contribution in [0.25, 0.3) is 16.9 Å². The maximum Gasteiger partial charge on any atom is 0.387 e. The molecule has 1 aromatic carbocycles. The second-order valence-electron chi connectivity index (χ2n) is 11.7. The summed E-state index contributed by atoms with van der Waals surface area (Å²) in [5, 5.41) is 24.7. The summed E-state index contributed by atoms with van der Waals surface area (Å²) in [6.45, 7) is -1.00. The Hall–Kier alpha value is -4.63. The molecule has 1 unspecified atom stereocenters. The summed E-state index contributed by atoms with van der Waals surface area (Å²) in [5.41, 5.74) is 0.725. The van der Waals surface area contributed by atoms with Crippen molar-refractivity contribution in [2.24, 2.45) is 11.8 Å². The van der Waals surface area contributed by atoms with Crippen LogP contribution in [0.4, 0.5) is 14.5 Å². The molecule has 2 saturated heterocycles. The molecule has 0 radical (unpaired) electrons. The molecule has 0 bridgehead atoms. The van der Waals surface area contributed by atoms with Gasteiger partial charge < -0.3 is 25.4 Å². The molecule has 2 amide bonds. The number of alkyl halides is 2. The van der Waals surface area contributed by atoms with Gasteiger partial charge >= 0.3 is 12.6 Å². The van der Waals surface area contributed by atoms with Crippen LogP contribution in [0.15, 0.2) is 49.1 Å². The topological polar surface area (TPSA) is 156 Å². The summed E-state index contributed by atoms with van der Waals surface area (Å²) >= 11 is 6.30. The third-order valence-electron chi connectivity index (χ3n) is 8.69. The van der Waals surface area contributed by atoms with Crippen molar-refractivity contribution in [3.63, 3.8) is 0 Å². The zero-order valence-electron chi connectivity index (χ0n) is 25.2. The highest BCUT2D eigenvalue weighted by atomic mass is 35.5. The number of halogens is 3. The number of piperidine rings is 2. The first-order valence-corrected chi connectivity index (χ1v) is 15.7. The van der Waals surface area contributed by atoms with Crippen LogP contribution in [0.2, 0.25) is 5.02 Å². The van der Waals surface area contributed by atoms with E-state index in [1.165, 1.54) is 46.0 Å². The molecule has 3 N–H and O–H groups in total. The maximum absolute atomic E-state index is 14.2. The Morgan fingerprint density at radius 2 is 1.91 bits per heavy atom. The van der Waals surface area contributed by atoms with Crippen LogP contribution in [0, 0.1) is 11.8 Å². The molecule has 248 valence electrons. The number of likely N-dealkylation sites (tertiary alicyclic amines) is 1. The maximum atomic E-state index is 14.2. The Bertz CT molecular complexity index is 1770. The number of nitrogens with zero attached hydrogens (tertiary/aromatic N) is 6. The van der Waals surface area contributed by atoms with Gasteiger partial charge in [-0.25, -0.2) is 9.50 Å². The van der Waals surface area contributed by atoms with E-state index < -0.39 is 30.4 Å². The zero-order chi connectivity index (χ0) is 33.1. The number of aromatic nitrogens is 5. The Morgan fingerprint density at radius 3 is 2.64 bits per heavy atom. The third kappa shape index (κ3) is 7.20. The number of ether oxygens (including phenoxy) is 1. The normalized spacial score (nSPS) is 16.8. The molecule has 4 aromatic rings. The smallest absolute Gasteiger partial charge is 0.387 e. The number of benzene rings is 1. The van der Waals surface area contributed by atoms with Gasteiger partial charge in [0.15, 0.2) is 5.65 Å². The highest BCUT2D eigenvalue weighted by Crippen LogP contribution is 2.39. The van der Waals surface area contributed by atoms with Crippen molar-refractivity contribution in [3.05, 3.63) is 59.6 Å². The van der Waals surface area contributed by atoms with Crippen LogP contribution in [-0.2, 0) is 9.59 Å². The van der Waals surface area contributed by atoms with Gasteiger partial charge in [0.2, 0.25) is 5.91 Å². The molecule has 2 aliphatic rings. The molecule has 16 heteroatoms. The van der Waals surface area contributed by atoms with Crippen molar-refractivity contribution in [1.29, 1.82) is 0 Å². The lowest BCUT2D eigenvalue weighted by Crippen LogP contribution is -2.44. The number of carboxylic acid groups (broad SMARTS) is 1.